The zero-order valence-corrected chi connectivity index (χ0v) is 16.0. The van der Waals surface area contributed by atoms with Crippen molar-refractivity contribution >= 4 is 15.9 Å². The first-order valence-corrected chi connectivity index (χ1v) is 10.7. The predicted octanol–water partition coefficient (Wildman–Crippen LogP) is 0.116. The number of piperazine rings is 1. The Kier molecular flexibility index (Phi) is 5.94. The Bertz CT molecular complexity index is 748. The van der Waals surface area contributed by atoms with Gasteiger partial charge in [-0.1, -0.05) is 12.1 Å². The third kappa shape index (κ3) is 4.07. The molecule has 0 aliphatic carbocycles. The molecule has 0 radical (unpaired) electrons. The number of nitrogens with one attached hydrogen (secondary N) is 1. The Morgan fingerprint density at radius 3 is 2.54 bits per heavy atom. The Morgan fingerprint density at radius 2 is 1.88 bits per heavy atom. The number of hydrogen-bond acceptors (Lipinski definition) is 3. The van der Waals surface area contributed by atoms with Crippen molar-refractivity contribution in [1.82, 2.24) is 9.21 Å². The van der Waals surface area contributed by atoms with Crippen molar-refractivity contribution in [2.24, 2.45) is 0 Å². The SMILES string of the molecule is C[C@H]1CCCC[NH+]1CC(=O)N1CCN(S(=O)(=O)c2ccccc2F)CC1. The number of hydrogen-bond donors (Lipinski definition) is 1. The van der Waals surface area contributed by atoms with Crippen LogP contribution in [0.15, 0.2) is 29.2 Å². The number of quaternary nitrogens is 1. The molecule has 1 N–H and O–H groups in total. The molecule has 2 saturated heterocycles. The van der Waals surface area contributed by atoms with Crippen molar-refractivity contribution in [3.8, 4) is 0 Å². The molecule has 8 heteroatoms. The molecule has 6 nitrogen and oxygen atoms in total. The van der Waals surface area contributed by atoms with E-state index in [0.29, 0.717) is 25.7 Å². The molecular weight excluding hydrogens is 357 g/mol. The normalized spacial score (nSPS) is 25.2. The van der Waals surface area contributed by atoms with Crippen molar-refractivity contribution in [1.29, 1.82) is 0 Å². The average Bonchev–Trinajstić information content (AvgIpc) is 2.64. The summed E-state index contributed by atoms with van der Waals surface area (Å²) in [7, 11) is -3.86. The first-order valence-electron chi connectivity index (χ1n) is 9.26. The summed E-state index contributed by atoms with van der Waals surface area (Å²) in [6.45, 7) is 4.79. The number of likely N-dealkylation sites (tertiary alicyclic amines) is 1. The van der Waals surface area contributed by atoms with Crippen LogP contribution in [0.2, 0.25) is 0 Å². The Hall–Kier alpha value is -1.51. The second kappa shape index (κ2) is 8.02. The molecule has 0 aromatic heterocycles. The highest BCUT2D eigenvalue weighted by Gasteiger charge is 2.33. The summed E-state index contributed by atoms with van der Waals surface area (Å²) in [4.78, 5) is 15.3. The zero-order valence-electron chi connectivity index (χ0n) is 15.2. The third-order valence-electron chi connectivity index (χ3n) is 5.51. The standard InChI is InChI=1S/C18H26FN3O3S/c1-15-6-4-5-9-21(15)14-18(23)20-10-12-22(13-11-20)26(24,25)17-8-3-2-7-16(17)19/h2-3,7-8,15H,4-6,9-14H2,1H3/p+1/t15-/m0/s1. The van der Waals surface area contributed by atoms with E-state index in [1.165, 1.54) is 33.8 Å². The molecule has 0 saturated carbocycles. The molecule has 3 rings (SSSR count). The van der Waals surface area contributed by atoms with Gasteiger partial charge in [-0.25, -0.2) is 12.8 Å². The van der Waals surface area contributed by atoms with Gasteiger partial charge in [0, 0.05) is 26.2 Å². The zero-order chi connectivity index (χ0) is 18.7. The fourth-order valence-electron chi connectivity index (χ4n) is 3.79. The summed E-state index contributed by atoms with van der Waals surface area (Å²) in [6.07, 6.45) is 3.53. The largest absolute Gasteiger partial charge is 0.335 e. The molecule has 1 aromatic rings. The lowest BCUT2D eigenvalue weighted by atomic mass is 10.0. The summed E-state index contributed by atoms with van der Waals surface area (Å²) in [5.41, 5.74) is 0. The Morgan fingerprint density at radius 1 is 1.19 bits per heavy atom. The highest BCUT2D eigenvalue weighted by molar-refractivity contribution is 7.89. The minimum atomic E-state index is -3.86. The molecule has 1 amide bonds. The van der Waals surface area contributed by atoms with Gasteiger partial charge in [-0.15, -0.1) is 0 Å². The maximum atomic E-state index is 13.9. The van der Waals surface area contributed by atoms with E-state index < -0.39 is 15.8 Å². The van der Waals surface area contributed by atoms with Crippen LogP contribution in [0.3, 0.4) is 0 Å². The van der Waals surface area contributed by atoms with Gasteiger partial charge in [0.1, 0.15) is 10.7 Å². The lowest BCUT2D eigenvalue weighted by Crippen LogP contribution is -3.17. The van der Waals surface area contributed by atoms with E-state index in [1.807, 2.05) is 0 Å². The summed E-state index contributed by atoms with van der Waals surface area (Å²) >= 11 is 0. The topological polar surface area (TPSA) is 62.1 Å². The summed E-state index contributed by atoms with van der Waals surface area (Å²) in [6, 6.07) is 5.90. The van der Waals surface area contributed by atoms with Crippen LogP contribution < -0.4 is 4.90 Å². The molecule has 26 heavy (non-hydrogen) atoms. The molecule has 2 fully saturated rings. The smallest absolute Gasteiger partial charge is 0.277 e. The van der Waals surface area contributed by atoms with E-state index in [1.54, 1.807) is 4.90 Å². The van der Waals surface area contributed by atoms with Crippen LogP contribution in [-0.2, 0) is 14.8 Å². The van der Waals surface area contributed by atoms with Crippen LogP contribution in [0.25, 0.3) is 0 Å². The molecule has 144 valence electrons. The number of carbonyl (C=O) groups is 1. The molecule has 1 aromatic carbocycles. The van der Waals surface area contributed by atoms with E-state index in [0.717, 1.165) is 25.5 Å². The molecule has 2 heterocycles. The number of halogens is 1. The maximum absolute atomic E-state index is 13.9. The minimum absolute atomic E-state index is 0.0803. The van der Waals surface area contributed by atoms with E-state index in [4.69, 9.17) is 0 Å². The molecule has 0 spiro atoms. The monoisotopic (exact) mass is 384 g/mol. The van der Waals surface area contributed by atoms with Crippen LogP contribution in [0.1, 0.15) is 26.2 Å². The molecule has 2 atom stereocenters. The predicted molar refractivity (Wildman–Crippen MR) is 95.7 cm³/mol. The van der Waals surface area contributed by atoms with Gasteiger partial charge in [0.25, 0.3) is 5.91 Å². The van der Waals surface area contributed by atoms with E-state index in [-0.39, 0.29) is 23.9 Å². The van der Waals surface area contributed by atoms with Gasteiger partial charge in [-0.2, -0.15) is 4.31 Å². The molecule has 2 aliphatic heterocycles. The van der Waals surface area contributed by atoms with Crippen molar-refractivity contribution in [3.63, 3.8) is 0 Å². The average molecular weight is 384 g/mol. The first kappa shape index (κ1) is 19.3. The number of nitrogens with zero attached hydrogens (tertiary/aromatic N) is 2. The fraction of sp³-hybridized carbons (Fsp3) is 0.611. The van der Waals surface area contributed by atoms with Crippen LogP contribution in [0, 0.1) is 5.82 Å². The van der Waals surface area contributed by atoms with Crippen molar-refractivity contribution in [3.05, 3.63) is 30.1 Å². The maximum Gasteiger partial charge on any atom is 0.277 e. The molecular formula is C18H27FN3O3S+. The molecule has 0 bridgehead atoms. The van der Waals surface area contributed by atoms with Gasteiger partial charge < -0.3 is 9.80 Å². The van der Waals surface area contributed by atoms with E-state index in [9.17, 15) is 17.6 Å². The second-order valence-corrected chi connectivity index (χ2v) is 9.10. The Balaban J connectivity index is 1.58. The van der Waals surface area contributed by atoms with Gasteiger partial charge in [0.2, 0.25) is 10.0 Å². The third-order valence-corrected chi connectivity index (χ3v) is 7.44. The number of benzene rings is 1. The molecule has 2 aliphatic rings. The van der Waals surface area contributed by atoms with E-state index in [2.05, 4.69) is 6.92 Å². The van der Waals surface area contributed by atoms with Crippen LogP contribution in [0.4, 0.5) is 4.39 Å². The molecule has 1 unspecified atom stereocenters. The summed E-state index contributed by atoms with van der Waals surface area (Å²) in [5, 5.41) is 0. The van der Waals surface area contributed by atoms with Crippen LogP contribution >= 0.6 is 0 Å². The van der Waals surface area contributed by atoms with Crippen LogP contribution in [0.5, 0.6) is 0 Å². The fourth-order valence-corrected chi connectivity index (χ4v) is 5.28. The highest BCUT2D eigenvalue weighted by atomic mass is 32.2. The minimum Gasteiger partial charge on any atom is -0.335 e. The van der Waals surface area contributed by atoms with Gasteiger partial charge in [-0.3, -0.25) is 4.79 Å². The quantitative estimate of drug-likeness (QED) is 0.802. The summed E-state index contributed by atoms with van der Waals surface area (Å²) in [5.74, 6) is -0.662. The lowest BCUT2D eigenvalue weighted by molar-refractivity contribution is -0.921. The van der Waals surface area contributed by atoms with Gasteiger partial charge >= 0.3 is 0 Å². The van der Waals surface area contributed by atoms with Crippen molar-refractivity contribution in [2.75, 3.05) is 39.3 Å². The number of amides is 1. The second-order valence-electron chi connectivity index (χ2n) is 7.20. The van der Waals surface area contributed by atoms with E-state index >= 15 is 0 Å². The van der Waals surface area contributed by atoms with Gasteiger partial charge in [0.05, 0.1) is 12.6 Å². The van der Waals surface area contributed by atoms with Gasteiger partial charge in [-0.05, 0) is 38.3 Å². The summed E-state index contributed by atoms with van der Waals surface area (Å²) < 4.78 is 40.4. The number of piperidine rings is 1. The number of sulfonamides is 1. The van der Waals surface area contributed by atoms with Crippen molar-refractivity contribution in [2.45, 2.75) is 37.1 Å². The van der Waals surface area contributed by atoms with Crippen molar-refractivity contribution < 1.29 is 22.5 Å². The number of carbonyl (C=O) groups excluding carboxylic acids is 1. The highest BCUT2D eigenvalue weighted by Crippen LogP contribution is 2.20. The lowest BCUT2D eigenvalue weighted by Gasteiger charge is -2.36. The first-order chi connectivity index (χ1) is 12.4. The van der Waals surface area contributed by atoms with Gasteiger partial charge in [0.15, 0.2) is 6.54 Å². The Labute approximate surface area is 154 Å². The number of rotatable bonds is 4. The van der Waals surface area contributed by atoms with Crippen LogP contribution in [-0.4, -0.2) is 68.8 Å².